The van der Waals surface area contributed by atoms with Crippen molar-refractivity contribution in [3.8, 4) is 11.5 Å². The van der Waals surface area contributed by atoms with Crippen LogP contribution in [0.3, 0.4) is 0 Å². The number of unbranched alkanes of at least 4 members (excludes halogenated alkanes) is 2. The molecule has 8 nitrogen and oxygen atoms in total. The van der Waals surface area contributed by atoms with Gasteiger partial charge in [0.1, 0.15) is 0 Å². The van der Waals surface area contributed by atoms with Crippen LogP contribution < -0.4 is 18.4 Å². The van der Waals surface area contributed by atoms with E-state index in [4.69, 9.17) is 28.4 Å². The summed E-state index contributed by atoms with van der Waals surface area (Å²) in [6, 6.07) is 30.0. The van der Waals surface area contributed by atoms with Gasteiger partial charge in [-0.3, -0.25) is 0 Å². The average molecular weight is 929 g/mol. The summed E-state index contributed by atoms with van der Waals surface area (Å²) in [6.45, 7) is 11.9. The molecule has 0 unspecified atom stereocenters. The molecular formula is C46H62O8Se2Si. The van der Waals surface area contributed by atoms with Crippen molar-refractivity contribution in [2.75, 3.05) is 41.5 Å². The molecule has 0 heterocycles. The van der Waals surface area contributed by atoms with Gasteiger partial charge in [-0.05, 0) is 0 Å². The van der Waals surface area contributed by atoms with E-state index in [2.05, 4.69) is 82.0 Å². The van der Waals surface area contributed by atoms with Gasteiger partial charge >= 0.3 is 357 Å². The van der Waals surface area contributed by atoms with Gasteiger partial charge in [0.2, 0.25) is 0 Å². The van der Waals surface area contributed by atoms with E-state index in [9.17, 15) is 9.59 Å². The number of rotatable bonds is 23. The summed E-state index contributed by atoms with van der Waals surface area (Å²) in [6.07, 6.45) is 6.38. The van der Waals surface area contributed by atoms with Crippen LogP contribution >= 0.6 is 0 Å². The van der Waals surface area contributed by atoms with Gasteiger partial charge in [0.25, 0.3) is 0 Å². The van der Waals surface area contributed by atoms with Crippen LogP contribution in [0.5, 0.6) is 11.5 Å². The number of carbonyl (C=O) groups excluding carboxylic acids is 2. The van der Waals surface area contributed by atoms with E-state index in [1.807, 2.05) is 36.4 Å². The fraction of sp³-hybridized carbons (Fsp3) is 0.435. The van der Waals surface area contributed by atoms with Crippen molar-refractivity contribution in [2.45, 2.75) is 88.7 Å². The quantitative estimate of drug-likeness (QED) is 0.0417. The molecule has 0 aromatic heterocycles. The second-order valence-corrected chi connectivity index (χ2v) is 24.7. The van der Waals surface area contributed by atoms with Gasteiger partial charge in [0.15, 0.2) is 0 Å². The van der Waals surface area contributed by atoms with Gasteiger partial charge < -0.3 is 0 Å². The minimum atomic E-state index is -1.28. The Hall–Kier alpha value is -3.40. The number of benzene rings is 4. The Morgan fingerprint density at radius 2 is 1.05 bits per heavy atom. The first-order valence-corrected chi connectivity index (χ1v) is 27.5. The molecule has 0 saturated heterocycles. The molecule has 11 heteroatoms. The van der Waals surface area contributed by atoms with Crippen LogP contribution in [0.1, 0.15) is 82.5 Å². The topological polar surface area (TPSA) is 89.5 Å². The van der Waals surface area contributed by atoms with Crippen molar-refractivity contribution < 1.29 is 38.0 Å². The number of methoxy groups -OCH3 is 3. The Labute approximate surface area is 355 Å². The summed E-state index contributed by atoms with van der Waals surface area (Å²) in [5.74, 6) is 0.473. The van der Waals surface area contributed by atoms with Gasteiger partial charge in [-0.25, -0.2) is 0 Å². The van der Waals surface area contributed by atoms with Crippen molar-refractivity contribution in [1.82, 2.24) is 0 Å². The summed E-state index contributed by atoms with van der Waals surface area (Å²) in [5, 5.41) is 1.63. The summed E-state index contributed by atoms with van der Waals surface area (Å²) in [5.41, 5.74) is 5.46. The number of aryl methyl sites for hydroxylation is 2. The molecule has 310 valence electrons. The Morgan fingerprint density at radius 3 is 1.44 bits per heavy atom. The zero-order chi connectivity index (χ0) is 41.5. The first-order chi connectivity index (χ1) is 27.5. The predicted octanol–water partition coefficient (Wildman–Crippen LogP) is 8.36. The third-order valence-corrected chi connectivity index (χ3v) is 14.9. The van der Waals surface area contributed by atoms with Gasteiger partial charge in [-0.1, -0.05) is 0 Å². The maximum atomic E-state index is 13.2. The predicted molar refractivity (Wildman–Crippen MR) is 236 cm³/mol. The van der Waals surface area contributed by atoms with E-state index in [1.165, 1.54) is 27.2 Å². The molecule has 57 heavy (non-hydrogen) atoms. The van der Waals surface area contributed by atoms with Crippen LogP contribution in [0.25, 0.3) is 0 Å². The monoisotopic (exact) mass is 930 g/mol. The van der Waals surface area contributed by atoms with Crippen LogP contribution in [0, 0.1) is 0 Å². The molecule has 0 amide bonds. The Balaban J connectivity index is 0.000000310. The number of hydrogen-bond donors (Lipinski definition) is 0. The van der Waals surface area contributed by atoms with Crippen molar-refractivity contribution in [2.24, 2.45) is 0 Å². The summed E-state index contributed by atoms with van der Waals surface area (Å²) in [4.78, 5) is 25.6. The maximum absolute atomic E-state index is 13.2. The normalized spacial score (nSPS) is 11.0. The fourth-order valence-corrected chi connectivity index (χ4v) is 10.2. The molecule has 4 aromatic carbocycles. The molecule has 0 radical (unpaired) electrons. The number of ether oxygens (including phenoxy) is 6. The third kappa shape index (κ3) is 17.5. The van der Waals surface area contributed by atoms with Crippen LogP contribution in [0.2, 0.25) is 25.7 Å². The van der Waals surface area contributed by atoms with Crippen LogP contribution in [-0.4, -0.2) is 91.4 Å². The summed E-state index contributed by atoms with van der Waals surface area (Å²) in [7, 11) is 3.28. The molecule has 0 fully saturated rings. The average Bonchev–Trinajstić information content (AvgIpc) is 3.21. The fourth-order valence-electron chi connectivity index (χ4n) is 5.67. The molecule has 0 atom stereocenters. The summed E-state index contributed by atoms with van der Waals surface area (Å²) < 4.78 is 35.1. The Bertz CT molecular complexity index is 1780. The van der Waals surface area contributed by atoms with Crippen molar-refractivity contribution in [3.05, 3.63) is 118 Å². The number of hydrogen-bond acceptors (Lipinski definition) is 8. The van der Waals surface area contributed by atoms with E-state index >= 15 is 0 Å². The zero-order valence-electron chi connectivity index (χ0n) is 35.2. The molecule has 0 N–H and O–H groups in total. The van der Waals surface area contributed by atoms with E-state index in [-0.39, 0.29) is 55.4 Å². The molecular weight excluding hydrogens is 867 g/mol. The zero-order valence-corrected chi connectivity index (χ0v) is 39.6. The third-order valence-electron chi connectivity index (χ3n) is 8.74. The van der Waals surface area contributed by atoms with Crippen molar-refractivity contribution in [3.63, 3.8) is 0 Å². The van der Waals surface area contributed by atoms with Gasteiger partial charge in [0, 0.05) is 0 Å². The first-order valence-electron chi connectivity index (χ1n) is 19.7. The standard InChI is InChI=1S/C25H36O4SeSi.C21H26O4Se/c1-6-7-11-20-16-21(18-30-22-12-9-8-10-13-22)24(23(17-20)29-19-27-2)25(26)28-14-15-31(3,4)5;1-4-5-9-16-12-17(14-26-18-10-7-6-8-11-18)20(21(22)24-3)19(13-16)25-15-23-2/h8-10,12-13,16-17H,6-7,11,14-15,18-19H2,1-5H3;6-8,10-13H,4-5,9,14-15H2,1-3H3. The second-order valence-electron chi connectivity index (χ2n) is 14.7. The van der Waals surface area contributed by atoms with E-state index in [0.29, 0.717) is 29.2 Å². The van der Waals surface area contributed by atoms with Crippen LogP contribution in [-0.2, 0) is 42.4 Å². The SMILES string of the molecule is CCCCc1cc(C[Se]c2ccccc2)c(C(=O)OC)c(OCOC)c1.CCCCc1cc(C[Se]c2ccccc2)c(C(=O)OCC[Si](C)(C)C)c(OCOC)c1. The molecule has 0 spiro atoms. The number of esters is 2. The van der Waals surface area contributed by atoms with E-state index in [0.717, 1.165) is 66.3 Å². The molecule has 0 bridgehead atoms. The van der Waals surface area contributed by atoms with Crippen LogP contribution in [0.15, 0.2) is 84.9 Å². The van der Waals surface area contributed by atoms with E-state index < -0.39 is 8.07 Å². The Morgan fingerprint density at radius 1 is 0.614 bits per heavy atom. The first kappa shape index (κ1) is 48.0. The van der Waals surface area contributed by atoms with Crippen LogP contribution in [0.4, 0.5) is 0 Å². The second kappa shape index (κ2) is 26.6. The van der Waals surface area contributed by atoms with E-state index in [1.54, 1.807) is 14.2 Å². The molecule has 0 aliphatic heterocycles. The molecule has 0 aliphatic carbocycles. The number of carbonyl (C=O) groups is 2. The van der Waals surface area contributed by atoms with Gasteiger partial charge in [-0.15, -0.1) is 0 Å². The molecule has 4 aromatic rings. The van der Waals surface area contributed by atoms with Gasteiger partial charge in [0.05, 0.1) is 0 Å². The molecule has 0 saturated carbocycles. The molecule has 0 aliphatic rings. The van der Waals surface area contributed by atoms with Crippen molar-refractivity contribution in [1.29, 1.82) is 0 Å². The van der Waals surface area contributed by atoms with Gasteiger partial charge in [-0.2, -0.15) is 0 Å². The minimum absolute atomic E-state index is 0.102. The Kier molecular flexibility index (Phi) is 22.4. The summed E-state index contributed by atoms with van der Waals surface area (Å²) >= 11 is 0.447. The van der Waals surface area contributed by atoms with Crippen molar-refractivity contribution >= 4 is 58.8 Å². The molecule has 4 rings (SSSR count).